The van der Waals surface area contributed by atoms with Gasteiger partial charge in [-0.1, -0.05) is 6.07 Å². The van der Waals surface area contributed by atoms with Gasteiger partial charge in [-0.15, -0.1) is 0 Å². The fourth-order valence-corrected chi connectivity index (χ4v) is 1.20. The largest absolute Gasteiger partial charge is 0.353 e. The Hall–Kier alpha value is -0.930. The van der Waals surface area contributed by atoms with Crippen molar-refractivity contribution in [2.45, 2.75) is 25.6 Å². The summed E-state index contributed by atoms with van der Waals surface area (Å²) in [5.41, 5.74) is 1.20. The third-order valence-corrected chi connectivity index (χ3v) is 2.45. The molecule has 0 saturated heterocycles. The number of aryl methyl sites for hydroxylation is 1. The van der Waals surface area contributed by atoms with Crippen molar-refractivity contribution in [2.24, 2.45) is 0 Å². The van der Waals surface area contributed by atoms with E-state index in [1.165, 1.54) is 5.56 Å². The van der Waals surface area contributed by atoms with Crippen LogP contribution in [0.3, 0.4) is 0 Å². The maximum Gasteiger partial charge on any atom is 0.165 e. The Labute approximate surface area is 85.1 Å². The zero-order chi connectivity index (χ0) is 10.4. The SMILES string of the molecule is COC(C)(CCc1cccnc1)OC. The van der Waals surface area contributed by atoms with Gasteiger partial charge in [0.05, 0.1) is 0 Å². The molecule has 14 heavy (non-hydrogen) atoms. The van der Waals surface area contributed by atoms with Gasteiger partial charge in [0, 0.05) is 33.0 Å². The summed E-state index contributed by atoms with van der Waals surface area (Å²) in [6.45, 7) is 1.93. The zero-order valence-corrected chi connectivity index (χ0v) is 8.99. The van der Waals surface area contributed by atoms with Crippen LogP contribution in [0.25, 0.3) is 0 Å². The Balaban J connectivity index is 2.48. The van der Waals surface area contributed by atoms with Gasteiger partial charge in [0.2, 0.25) is 0 Å². The van der Waals surface area contributed by atoms with Gasteiger partial charge in [-0.25, -0.2) is 0 Å². The van der Waals surface area contributed by atoms with E-state index in [0.29, 0.717) is 0 Å². The van der Waals surface area contributed by atoms with Crippen molar-refractivity contribution in [3.63, 3.8) is 0 Å². The molecule has 0 amide bonds. The van der Waals surface area contributed by atoms with Gasteiger partial charge in [0.1, 0.15) is 0 Å². The lowest BCUT2D eigenvalue weighted by molar-refractivity contribution is -0.196. The molecule has 1 aromatic rings. The summed E-state index contributed by atoms with van der Waals surface area (Å²) in [6.07, 6.45) is 5.37. The number of hydrogen-bond acceptors (Lipinski definition) is 3. The smallest absolute Gasteiger partial charge is 0.165 e. The van der Waals surface area contributed by atoms with Crippen LogP contribution in [0.4, 0.5) is 0 Å². The molecular weight excluding hydrogens is 178 g/mol. The summed E-state index contributed by atoms with van der Waals surface area (Å²) in [5.74, 6) is -0.490. The first kappa shape index (κ1) is 11.1. The fraction of sp³-hybridized carbons (Fsp3) is 0.545. The minimum absolute atomic E-state index is 0.490. The molecule has 0 unspecified atom stereocenters. The molecule has 1 aromatic heterocycles. The molecule has 0 bridgehead atoms. The zero-order valence-electron chi connectivity index (χ0n) is 8.99. The van der Waals surface area contributed by atoms with E-state index in [2.05, 4.69) is 11.1 Å². The minimum atomic E-state index is -0.490. The third-order valence-electron chi connectivity index (χ3n) is 2.45. The van der Waals surface area contributed by atoms with E-state index >= 15 is 0 Å². The molecule has 0 radical (unpaired) electrons. The Bertz CT molecular complexity index is 257. The minimum Gasteiger partial charge on any atom is -0.353 e. The van der Waals surface area contributed by atoms with E-state index < -0.39 is 5.79 Å². The van der Waals surface area contributed by atoms with Crippen LogP contribution in [-0.4, -0.2) is 25.0 Å². The van der Waals surface area contributed by atoms with Crippen LogP contribution in [0, 0.1) is 0 Å². The summed E-state index contributed by atoms with van der Waals surface area (Å²) in [4.78, 5) is 4.06. The number of methoxy groups -OCH3 is 2. The average molecular weight is 195 g/mol. The van der Waals surface area contributed by atoms with Crippen LogP contribution >= 0.6 is 0 Å². The van der Waals surface area contributed by atoms with Gasteiger partial charge in [-0.05, 0) is 25.0 Å². The lowest BCUT2D eigenvalue weighted by atomic mass is 10.1. The lowest BCUT2D eigenvalue weighted by Gasteiger charge is -2.26. The molecule has 0 aliphatic carbocycles. The number of aromatic nitrogens is 1. The second kappa shape index (κ2) is 5.08. The first-order valence-electron chi connectivity index (χ1n) is 4.69. The van der Waals surface area contributed by atoms with Crippen LogP contribution in [0.1, 0.15) is 18.9 Å². The Morgan fingerprint density at radius 2 is 2.07 bits per heavy atom. The molecule has 3 heteroatoms. The van der Waals surface area contributed by atoms with Crippen molar-refractivity contribution >= 4 is 0 Å². The Morgan fingerprint density at radius 1 is 1.36 bits per heavy atom. The highest BCUT2D eigenvalue weighted by atomic mass is 16.7. The van der Waals surface area contributed by atoms with E-state index in [4.69, 9.17) is 9.47 Å². The molecule has 3 nitrogen and oxygen atoms in total. The maximum atomic E-state index is 5.27. The highest BCUT2D eigenvalue weighted by Crippen LogP contribution is 2.17. The molecule has 0 fully saturated rings. The number of rotatable bonds is 5. The van der Waals surface area contributed by atoms with Crippen LogP contribution in [-0.2, 0) is 15.9 Å². The van der Waals surface area contributed by atoms with Gasteiger partial charge in [-0.3, -0.25) is 4.98 Å². The van der Waals surface area contributed by atoms with Crippen molar-refractivity contribution in [3.05, 3.63) is 30.1 Å². The Kier molecular flexibility index (Phi) is 4.04. The van der Waals surface area contributed by atoms with Crippen LogP contribution < -0.4 is 0 Å². The number of nitrogens with zero attached hydrogens (tertiary/aromatic N) is 1. The van der Waals surface area contributed by atoms with Crippen molar-refractivity contribution in [2.75, 3.05) is 14.2 Å². The molecule has 1 heterocycles. The third kappa shape index (κ3) is 3.09. The van der Waals surface area contributed by atoms with Gasteiger partial charge in [0.15, 0.2) is 5.79 Å². The molecule has 0 atom stereocenters. The predicted octanol–water partition coefficient (Wildman–Crippen LogP) is 2.02. The molecule has 0 saturated carbocycles. The fourth-order valence-electron chi connectivity index (χ4n) is 1.20. The molecular formula is C11H17NO2. The monoisotopic (exact) mass is 195 g/mol. The number of hydrogen-bond donors (Lipinski definition) is 0. The van der Waals surface area contributed by atoms with E-state index in [-0.39, 0.29) is 0 Å². The molecule has 78 valence electrons. The van der Waals surface area contributed by atoms with Crippen LogP contribution in [0.15, 0.2) is 24.5 Å². The maximum absolute atomic E-state index is 5.27. The van der Waals surface area contributed by atoms with Crippen molar-refractivity contribution in [3.8, 4) is 0 Å². The van der Waals surface area contributed by atoms with Gasteiger partial charge < -0.3 is 9.47 Å². The lowest BCUT2D eigenvalue weighted by Crippen LogP contribution is -2.30. The second-order valence-electron chi connectivity index (χ2n) is 3.40. The molecule has 0 aromatic carbocycles. The van der Waals surface area contributed by atoms with E-state index in [1.54, 1.807) is 20.4 Å². The molecule has 0 aliphatic heterocycles. The molecule has 0 spiro atoms. The number of pyridine rings is 1. The van der Waals surface area contributed by atoms with Gasteiger partial charge in [0.25, 0.3) is 0 Å². The summed E-state index contributed by atoms with van der Waals surface area (Å²) in [7, 11) is 3.32. The average Bonchev–Trinajstić information content (AvgIpc) is 2.27. The van der Waals surface area contributed by atoms with E-state index in [9.17, 15) is 0 Å². The Morgan fingerprint density at radius 3 is 2.57 bits per heavy atom. The topological polar surface area (TPSA) is 31.4 Å². The van der Waals surface area contributed by atoms with Crippen molar-refractivity contribution < 1.29 is 9.47 Å². The normalized spacial score (nSPS) is 11.6. The molecule has 0 aliphatic rings. The summed E-state index contributed by atoms with van der Waals surface area (Å²) in [6, 6.07) is 3.99. The van der Waals surface area contributed by atoms with Crippen LogP contribution in [0.2, 0.25) is 0 Å². The summed E-state index contributed by atoms with van der Waals surface area (Å²) in [5, 5.41) is 0. The standard InChI is InChI=1S/C11H17NO2/c1-11(13-2,14-3)7-6-10-5-4-8-12-9-10/h4-5,8-9H,6-7H2,1-3H3. The van der Waals surface area contributed by atoms with E-state index in [1.807, 2.05) is 19.2 Å². The van der Waals surface area contributed by atoms with E-state index in [0.717, 1.165) is 12.8 Å². The second-order valence-corrected chi connectivity index (χ2v) is 3.40. The number of ether oxygens (including phenoxy) is 2. The van der Waals surface area contributed by atoms with Crippen molar-refractivity contribution in [1.29, 1.82) is 0 Å². The highest BCUT2D eigenvalue weighted by molar-refractivity contribution is 5.08. The summed E-state index contributed by atoms with van der Waals surface area (Å²) < 4.78 is 10.5. The molecule has 0 N–H and O–H groups in total. The van der Waals surface area contributed by atoms with Crippen molar-refractivity contribution in [1.82, 2.24) is 4.98 Å². The molecule has 1 rings (SSSR count). The van der Waals surface area contributed by atoms with Gasteiger partial charge >= 0.3 is 0 Å². The quantitative estimate of drug-likeness (QED) is 0.674. The first-order chi connectivity index (χ1) is 6.70. The van der Waals surface area contributed by atoms with Crippen LogP contribution in [0.5, 0.6) is 0 Å². The predicted molar refractivity (Wildman–Crippen MR) is 55.0 cm³/mol. The summed E-state index contributed by atoms with van der Waals surface area (Å²) >= 11 is 0. The van der Waals surface area contributed by atoms with Gasteiger partial charge in [-0.2, -0.15) is 0 Å². The first-order valence-corrected chi connectivity index (χ1v) is 4.69. The highest BCUT2D eigenvalue weighted by Gasteiger charge is 2.21.